The molecule has 4 atom stereocenters. The van der Waals surface area contributed by atoms with Crippen LogP contribution in [0.3, 0.4) is 0 Å². The lowest BCUT2D eigenvalue weighted by Gasteiger charge is -2.06. The first kappa shape index (κ1) is 9.71. The number of aliphatic hydroxyl groups excluding tert-OH is 1. The van der Waals surface area contributed by atoms with Gasteiger partial charge in [-0.1, -0.05) is 12.2 Å². The zero-order valence-corrected chi connectivity index (χ0v) is 8.35. The number of carbonyl (C=O) groups excluding carboxylic acids is 1. The highest BCUT2D eigenvalue weighted by Gasteiger charge is 2.57. The second-order valence-corrected chi connectivity index (χ2v) is 4.14. The quantitative estimate of drug-likeness (QED) is 0.505. The highest BCUT2D eigenvalue weighted by molar-refractivity contribution is 5.76. The Balaban J connectivity index is 2.06. The van der Waals surface area contributed by atoms with E-state index in [1.165, 1.54) is 7.11 Å². The largest absolute Gasteiger partial charge is 0.469 e. The van der Waals surface area contributed by atoms with E-state index in [9.17, 15) is 9.90 Å². The molecule has 0 aromatic rings. The van der Waals surface area contributed by atoms with Crippen molar-refractivity contribution >= 4 is 5.97 Å². The van der Waals surface area contributed by atoms with E-state index in [4.69, 9.17) is 4.74 Å². The van der Waals surface area contributed by atoms with Crippen LogP contribution in [0.25, 0.3) is 0 Å². The van der Waals surface area contributed by atoms with Gasteiger partial charge in [0.25, 0.3) is 0 Å². The smallest absolute Gasteiger partial charge is 0.309 e. The molecule has 3 heteroatoms. The summed E-state index contributed by atoms with van der Waals surface area (Å²) >= 11 is 0. The van der Waals surface area contributed by atoms with E-state index < -0.39 is 6.10 Å². The minimum atomic E-state index is -0.454. The second-order valence-electron chi connectivity index (χ2n) is 4.14. The van der Waals surface area contributed by atoms with Gasteiger partial charge in [-0.25, -0.2) is 0 Å². The molecule has 78 valence electrons. The summed E-state index contributed by atoms with van der Waals surface area (Å²) in [4.78, 5) is 11.4. The summed E-state index contributed by atoms with van der Waals surface area (Å²) < 4.78 is 4.72. The molecule has 14 heavy (non-hydrogen) atoms. The lowest BCUT2D eigenvalue weighted by Crippen LogP contribution is -2.12. The predicted octanol–water partition coefficient (Wildman–Crippen LogP) is 1.12. The molecule has 0 saturated heterocycles. The van der Waals surface area contributed by atoms with E-state index in [1.807, 2.05) is 12.2 Å². The third-order valence-electron chi connectivity index (χ3n) is 3.34. The van der Waals surface area contributed by atoms with E-state index in [0.717, 1.165) is 19.3 Å². The van der Waals surface area contributed by atoms with Gasteiger partial charge in [0.2, 0.25) is 0 Å². The summed E-state index contributed by atoms with van der Waals surface area (Å²) in [6.45, 7) is 0. The molecule has 1 N–H and O–H groups in total. The second kappa shape index (κ2) is 3.73. The third-order valence-corrected chi connectivity index (χ3v) is 3.34. The number of methoxy groups -OCH3 is 1. The lowest BCUT2D eigenvalue weighted by atomic mass is 10.0. The maximum absolute atomic E-state index is 11.4. The Morgan fingerprint density at radius 1 is 1.57 bits per heavy atom. The zero-order valence-electron chi connectivity index (χ0n) is 8.35. The molecule has 0 heterocycles. The minimum absolute atomic E-state index is 0.0576. The lowest BCUT2D eigenvalue weighted by molar-refractivity contribution is -0.143. The summed E-state index contributed by atoms with van der Waals surface area (Å²) in [6.07, 6.45) is 6.52. The van der Waals surface area contributed by atoms with Crippen molar-refractivity contribution in [3.8, 4) is 0 Å². The molecule has 0 amide bonds. The first-order valence-electron chi connectivity index (χ1n) is 5.18. The van der Waals surface area contributed by atoms with Crippen LogP contribution in [-0.2, 0) is 9.53 Å². The number of hydrogen-bond donors (Lipinski definition) is 1. The van der Waals surface area contributed by atoms with Crippen LogP contribution in [-0.4, -0.2) is 24.3 Å². The topological polar surface area (TPSA) is 46.5 Å². The van der Waals surface area contributed by atoms with Gasteiger partial charge in [0.1, 0.15) is 0 Å². The first-order chi connectivity index (χ1) is 6.75. The van der Waals surface area contributed by atoms with Gasteiger partial charge in [0, 0.05) is 5.92 Å². The number of rotatable bonds is 1. The number of allylic oxidation sites excluding steroid dienone is 1. The summed E-state index contributed by atoms with van der Waals surface area (Å²) in [5.74, 6) is 0.244. The van der Waals surface area contributed by atoms with Crippen molar-refractivity contribution in [1.29, 1.82) is 0 Å². The van der Waals surface area contributed by atoms with Gasteiger partial charge in [-0.05, 0) is 25.2 Å². The van der Waals surface area contributed by atoms with Gasteiger partial charge < -0.3 is 9.84 Å². The van der Waals surface area contributed by atoms with Crippen molar-refractivity contribution in [2.24, 2.45) is 17.8 Å². The summed E-state index contributed by atoms with van der Waals surface area (Å²) in [5, 5.41) is 9.74. The van der Waals surface area contributed by atoms with Crippen LogP contribution in [0, 0.1) is 17.8 Å². The van der Waals surface area contributed by atoms with Crippen LogP contribution in [0.1, 0.15) is 19.3 Å². The molecule has 2 aliphatic carbocycles. The number of hydrogen-bond acceptors (Lipinski definition) is 3. The van der Waals surface area contributed by atoms with Crippen LogP contribution < -0.4 is 0 Å². The van der Waals surface area contributed by atoms with Crippen LogP contribution >= 0.6 is 0 Å². The van der Waals surface area contributed by atoms with Gasteiger partial charge in [0.05, 0.1) is 19.1 Å². The van der Waals surface area contributed by atoms with Gasteiger partial charge in [-0.2, -0.15) is 0 Å². The molecule has 2 aliphatic rings. The Morgan fingerprint density at radius 2 is 2.36 bits per heavy atom. The number of esters is 1. The van der Waals surface area contributed by atoms with Crippen molar-refractivity contribution < 1.29 is 14.6 Å². The molecule has 0 unspecified atom stereocenters. The highest BCUT2D eigenvalue weighted by Crippen LogP contribution is 2.53. The maximum atomic E-state index is 11.4. The molecular formula is C11H16O3. The van der Waals surface area contributed by atoms with Gasteiger partial charge in [-0.15, -0.1) is 0 Å². The molecule has 0 aromatic carbocycles. The van der Waals surface area contributed by atoms with Gasteiger partial charge in [-0.3, -0.25) is 4.79 Å². The van der Waals surface area contributed by atoms with Gasteiger partial charge in [0.15, 0.2) is 0 Å². The Hall–Kier alpha value is -0.830. The van der Waals surface area contributed by atoms with Crippen molar-refractivity contribution in [3.05, 3.63) is 12.2 Å². The van der Waals surface area contributed by atoms with E-state index in [1.54, 1.807) is 0 Å². The Kier molecular flexibility index (Phi) is 2.59. The van der Waals surface area contributed by atoms with E-state index in [0.29, 0.717) is 5.92 Å². The first-order valence-corrected chi connectivity index (χ1v) is 5.18. The fourth-order valence-corrected chi connectivity index (χ4v) is 2.54. The van der Waals surface area contributed by atoms with E-state index >= 15 is 0 Å². The third kappa shape index (κ3) is 1.57. The summed E-state index contributed by atoms with van der Waals surface area (Å²) in [6, 6.07) is 0. The standard InChI is InChI=1S/C11H16O3/c1-14-11(13)10-7-5-3-2-4-6-8(12)9(7)10/h4,6-10,12H,2-3,5H2,1H3/b6-4+/t7-,8+,9-,10+/m0/s1. The monoisotopic (exact) mass is 196 g/mol. The predicted molar refractivity (Wildman–Crippen MR) is 51.5 cm³/mol. The molecule has 1 saturated carbocycles. The number of carbonyl (C=O) groups is 1. The summed E-state index contributed by atoms with van der Waals surface area (Å²) in [5.41, 5.74) is 0. The fraction of sp³-hybridized carbons (Fsp3) is 0.727. The minimum Gasteiger partial charge on any atom is -0.469 e. The van der Waals surface area contributed by atoms with Crippen LogP contribution in [0.15, 0.2) is 12.2 Å². The molecule has 0 aromatic heterocycles. The average Bonchev–Trinajstić information content (AvgIpc) is 2.86. The number of ether oxygens (including phenoxy) is 1. The molecule has 0 radical (unpaired) electrons. The average molecular weight is 196 g/mol. The molecule has 2 rings (SSSR count). The molecule has 1 fully saturated rings. The molecule has 0 bridgehead atoms. The Morgan fingerprint density at radius 3 is 3.07 bits per heavy atom. The van der Waals surface area contributed by atoms with Crippen LogP contribution in [0.5, 0.6) is 0 Å². The Labute approximate surface area is 83.8 Å². The van der Waals surface area contributed by atoms with Crippen LogP contribution in [0.4, 0.5) is 0 Å². The molecular weight excluding hydrogens is 180 g/mol. The van der Waals surface area contributed by atoms with Crippen molar-refractivity contribution in [3.63, 3.8) is 0 Å². The highest BCUT2D eigenvalue weighted by atomic mass is 16.5. The zero-order chi connectivity index (χ0) is 10.1. The summed E-state index contributed by atoms with van der Waals surface area (Å²) in [7, 11) is 1.41. The SMILES string of the molecule is COC(=O)[C@@H]1[C@H]2CCC/C=C/[C@@H](O)[C@H]21. The van der Waals surface area contributed by atoms with Crippen molar-refractivity contribution in [2.75, 3.05) is 7.11 Å². The Bertz CT molecular complexity index is 259. The molecule has 3 nitrogen and oxygen atoms in total. The molecule has 0 spiro atoms. The normalized spacial score (nSPS) is 43.0. The maximum Gasteiger partial charge on any atom is 0.309 e. The molecule has 0 aliphatic heterocycles. The fourth-order valence-electron chi connectivity index (χ4n) is 2.54. The van der Waals surface area contributed by atoms with Crippen molar-refractivity contribution in [2.45, 2.75) is 25.4 Å². The number of fused-ring (bicyclic) bond motifs is 1. The van der Waals surface area contributed by atoms with Gasteiger partial charge >= 0.3 is 5.97 Å². The van der Waals surface area contributed by atoms with E-state index in [2.05, 4.69) is 0 Å². The van der Waals surface area contributed by atoms with Crippen LogP contribution in [0.2, 0.25) is 0 Å². The van der Waals surface area contributed by atoms with Crippen molar-refractivity contribution in [1.82, 2.24) is 0 Å². The van der Waals surface area contributed by atoms with E-state index in [-0.39, 0.29) is 17.8 Å². The number of aliphatic hydroxyl groups is 1.